The van der Waals surface area contributed by atoms with Crippen molar-refractivity contribution in [1.29, 1.82) is 0 Å². The van der Waals surface area contributed by atoms with Crippen molar-refractivity contribution >= 4 is 0 Å². The predicted molar refractivity (Wildman–Crippen MR) is 40.3 cm³/mol. The molecule has 2 N–H and O–H groups in total. The Kier molecular flexibility index (Phi) is 18.1. The van der Waals surface area contributed by atoms with Gasteiger partial charge in [0.05, 0.1) is 25.4 Å². The van der Waals surface area contributed by atoms with Gasteiger partial charge in [-0.3, -0.25) is 0 Å². The van der Waals surface area contributed by atoms with Crippen LogP contribution < -0.4 is 0 Å². The topological polar surface area (TPSA) is 49.7 Å². The number of hydrogen-bond donors (Lipinski definition) is 2. The van der Waals surface area contributed by atoms with Gasteiger partial charge in [-0.15, -0.1) is 0 Å². The molecular formula is C7H12O3. The van der Waals surface area contributed by atoms with E-state index in [9.17, 15) is 0 Å². The molecule has 0 saturated carbocycles. The van der Waals surface area contributed by atoms with E-state index in [-0.39, 0.29) is 6.61 Å². The zero-order valence-corrected chi connectivity index (χ0v) is 5.73. The highest BCUT2D eigenvalue weighted by molar-refractivity contribution is 4.67. The highest BCUT2D eigenvalue weighted by atomic mass is 16.5. The van der Waals surface area contributed by atoms with E-state index in [0.717, 1.165) is 6.26 Å². The molecule has 3 heteroatoms. The van der Waals surface area contributed by atoms with Crippen LogP contribution in [0.2, 0.25) is 0 Å². The Morgan fingerprint density at radius 2 is 1.80 bits per heavy atom. The third-order valence-corrected chi connectivity index (χ3v) is 0.403. The number of aliphatic hydroxyl groups is 2. The predicted octanol–water partition coefficient (Wildman–Crippen LogP) is 1.34. The van der Waals surface area contributed by atoms with Crippen LogP contribution in [0, 0.1) is 0 Å². The average Bonchev–Trinajstić information content (AvgIpc) is 1.93. The molecule has 0 aromatic heterocycles. The Bertz CT molecular complexity index is 91.0. The summed E-state index contributed by atoms with van der Waals surface area (Å²) in [6, 6.07) is 0. The summed E-state index contributed by atoms with van der Waals surface area (Å²) in [6.07, 6.45) is 4.67. The molecule has 0 radical (unpaired) electrons. The van der Waals surface area contributed by atoms with Crippen molar-refractivity contribution < 1.29 is 14.9 Å². The van der Waals surface area contributed by atoms with E-state index in [4.69, 9.17) is 10.2 Å². The van der Waals surface area contributed by atoms with Gasteiger partial charge in [-0.2, -0.15) is 0 Å². The van der Waals surface area contributed by atoms with Gasteiger partial charge in [0.1, 0.15) is 0 Å². The summed E-state index contributed by atoms with van der Waals surface area (Å²) in [5, 5.41) is 15.5. The maximum Gasteiger partial charge on any atom is 0.0829 e. The molecule has 0 fully saturated rings. The molecule has 0 bridgehead atoms. The fourth-order valence-corrected chi connectivity index (χ4v) is 0.115. The molecule has 0 saturated heterocycles. The summed E-state index contributed by atoms with van der Waals surface area (Å²) in [5.41, 5.74) is 0. The molecule has 10 heavy (non-hydrogen) atoms. The molecule has 0 aliphatic rings. The summed E-state index contributed by atoms with van der Waals surface area (Å²) in [5.74, 6) is 0. The zero-order valence-electron chi connectivity index (χ0n) is 5.73. The monoisotopic (exact) mass is 144 g/mol. The summed E-state index contributed by atoms with van der Waals surface area (Å²) in [4.78, 5) is 0. The highest BCUT2D eigenvalue weighted by Crippen LogP contribution is 1.65. The van der Waals surface area contributed by atoms with Crippen molar-refractivity contribution in [2.45, 2.75) is 0 Å². The molecule has 0 atom stereocenters. The van der Waals surface area contributed by atoms with E-state index in [1.54, 1.807) is 0 Å². The average molecular weight is 144 g/mol. The SMILES string of the molecule is C=COC=C.O/C=C\CO. The van der Waals surface area contributed by atoms with Gasteiger partial charge in [-0.25, -0.2) is 0 Å². The second kappa shape index (κ2) is 15.7. The fourth-order valence-electron chi connectivity index (χ4n) is 0.115. The Morgan fingerprint density at radius 3 is 1.80 bits per heavy atom. The Balaban J connectivity index is 0. The van der Waals surface area contributed by atoms with Crippen LogP contribution in [0.15, 0.2) is 38.0 Å². The molecule has 58 valence electrons. The van der Waals surface area contributed by atoms with Crippen molar-refractivity contribution in [3.63, 3.8) is 0 Å². The highest BCUT2D eigenvalue weighted by Gasteiger charge is 1.54. The van der Waals surface area contributed by atoms with Gasteiger partial charge in [0.15, 0.2) is 0 Å². The largest absolute Gasteiger partial charge is 0.516 e. The number of rotatable bonds is 3. The molecule has 0 amide bonds. The first-order valence-electron chi connectivity index (χ1n) is 2.60. The maximum absolute atomic E-state index is 7.82. The third-order valence-electron chi connectivity index (χ3n) is 0.403. The molecule has 0 spiro atoms. The number of hydrogen-bond acceptors (Lipinski definition) is 3. The Hall–Kier alpha value is -1.22. The van der Waals surface area contributed by atoms with E-state index in [2.05, 4.69) is 17.9 Å². The zero-order chi connectivity index (χ0) is 8.24. The summed E-state index contributed by atoms with van der Waals surface area (Å²) in [7, 11) is 0. The van der Waals surface area contributed by atoms with Crippen LogP contribution in [-0.4, -0.2) is 16.8 Å². The lowest BCUT2D eigenvalue weighted by Crippen LogP contribution is -1.66. The van der Waals surface area contributed by atoms with Crippen LogP contribution in [0.25, 0.3) is 0 Å². The summed E-state index contributed by atoms with van der Waals surface area (Å²) < 4.78 is 4.36. The van der Waals surface area contributed by atoms with Crippen molar-refractivity contribution in [3.8, 4) is 0 Å². The fraction of sp³-hybridized carbons (Fsp3) is 0.143. The van der Waals surface area contributed by atoms with Gasteiger partial charge in [-0.05, 0) is 6.08 Å². The molecule has 0 aliphatic carbocycles. The van der Waals surface area contributed by atoms with Crippen LogP contribution in [-0.2, 0) is 4.74 Å². The number of aliphatic hydroxyl groups excluding tert-OH is 2. The first-order chi connectivity index (χ1) is 4.83. The van der Waals surface area contributed by atoms with Crippen molar-refractivity contribution in [3.05, 3.63) is 38.0 Å². The second-order valence-corrected chi connectivity index (χ2v) is 1.04. The smallest absolute Gasteiger partial charge is 0.0829 e. The first kappa shape index (κ1) is 11.6. The molecule has 3 nitrogen and oxygen atoms in total. The van der Waals surface area contributed by atoms with Gasteiger partial charge in [0.25, 0.3) is 0 Å². The van der Waals surface area contributed by atoms with Crippen molar-refractivity contribution in [1.82, 2.24) is 0 Å². The minimum atomic E-state index is -0.0868. The van der Waals surface area contributed by atoms with Crippen molar-refractivity contribution in [2.75, 3.05) is 6.61 Å². The van der Waals surface area contributed by atoms with E-state index in [0.29, 0.717) is 0 Å². The lowest BCUT2D eigenvalue weighted by Gasteiger charge is -1.76. The van der Waals surface area contributed by atoms with Crippen LogP contribution in [0.3, 0.4) is 0 Å². The van der Waals surface area contributed by atoms with E-state index in [1.807, 2.05) is 0 Å². The van der Waals surface area contributed by atoms with Gasteiger partial charge in [-0.1, -0.05) is 13.2 Å². The quantitative estimate of drug-likeness (QED) is 0.587. The standard InChI is InChI=1S/C4H6O.C3H6O2/c1-3-5-4-2;4-2-1-3-5/h3-4H,1-2H2;1-2,4-5H,3H2/b;2-1-. The van der Waals surface area contributed by atoms with Crippen LogP contribution >= 0.6 is 0 Å². The van der Waals surface area contributed by atoms with Crippen LogP contribution in [0.5, 0.6) is 0 Å². The summed E-state index contributed by atoms with van der Waals surface area (Å²) >= 11 is 0. The molecule has 0 aliphatic heterocycles. The van der Waals surface area contributed by atoms with E-state index < -0.39 is 0 Å². The molecule has 0 aromatic rings. The lowest BCUT2D eigenvalue weighted by atomic mass is 10.7. The van der Waals surface area contributed by atoms with Gasteiger partial charge in [0, 0.05) is 0 Å². The summed E-state index contributed by atoms with van der Waals surface area (Å²) in [6.45, 7) is 6.43. The van der Waals surface area contributed by atoms with Crippen molar-refractivity contribution in [2.24, 2.45) is 0 Å². The van der Waals surface area contributed by atoms with Gasteiger partial charge < -0.3 is 14.9 Å². The van der Waals surface area contributed by atoms with Crippen LogP contribution in [0.1, 0.15) is 0 Å². The normalized spacial score (nSPS) is 7.70. The molecule has 0 rings (SSSR count). The van der Waals surface area contributed by atoms with Gasteiger partial charge >= 0.3 is 0 Å². The molecule has 0 aromatic carbocycles. The molecule has 0 unspecified atom stereocenters. The van der Waals surface area contributed by atoms with E-state index in [1.165, 1.54) is 18.6 Å². The second-order valence-electron chi connectivity index (χ2n) is 1.04. The minimum Gasteiger partial charge on any atom is -0.516 e. The maximum atomic E-state index is 7.82. The minimum absolute atomic E-state index is 0.0868. The lowest BCUT2D eigenvalue weighted by molar-refractivity contribution is 0.337. The third kappa shape index (κ3) is 29.3. The Morgan fingerprint density at radius 1 is 1.30 bits per heavy atom. The molecule has 0 heterocycles. The molecular weight excluding hydrogens is 132 g/mol. The van der Waals surface area contributed by atoms with Gasteiger partial charge in [0.2, 0.25) is 0 Å². The van der Waals surface area contributed by atoms with Crippen LogP contribution in [0.4, 0.5) is 0 Å². The van der Waals surface area contributed by atoms with E-state index >= 15 is 0 Å². The number of ether oxygens (including phenoxy) is 1. The first-order valence-corrected chi connectivity index (χ1v) is 2.60. The Labute approximate surface area is 60.6 Å².